The van der Waals surface area contributed by atoms with Crippen molar-refractivity contribution in [2.24, 2.45) is 0 Å². The van der Waals surface area contributed by atoms with Crippen molar-refractivity contribution in [3.05, 3.63) is 46.1 Å². The normalized spacial score (nSPS) is 11.2. The van der Waals surface area contributed by atoms with Crippen LogP contribution in [0.5, 0.6) is 0 Å². The highest BCUT2D eigenvalue weighted by Gasteiger charge is 2.17. The summed E-state index contributed by atoms with van der Waals surface area (Å²) in [5, 5.41) is 8.51. The number of nitrogens with zero attached hydrogens (tertiary/aromatic N) is 4. The second kappa shape index (κ2) is 4.52. The molecule has 102 valence electrons. The topological polar surface area (TPSA) is 43.1 Å². The van der Waals surface area contributed by atoms with E-state index in [2.05, 4.69) is 15.2 Å². The van der Waals surface area contributed by atoms with Gasteiger partial charge in [0, 0.05) is 11.3 Å². The summed E-state index contributed by atoms with van der Waals surface area (Å²) in [4.78, 5) is 4.22. The smallest absolute Gasteiger partial charge is 0.199 e. The van der Waals surface area contributed by atoms with Crippen molar-refractivity contribution in [1.29, 1.82) is 0 Å². The first-order valence-corrected chi connectivity index (χ1v) is 6.51. The minimum Gasteiger partial charge on any atom is -0.275 e. The minimum atomic E-state index is -0.308. The summed E-state index contributed by atoms with van der Waals surface area (Å²) in [6, 6.07) is 4.60. The van der Waals surface area contributed by atoms with Crippen LogP contribution in [0.25, 0.3) is 17.0 Å². The first-order chi connectivity index (χ1) is 9.49. The second-order valence-corrected chi connectivity index (χ2v) is 5.07. The number of halogens is 2. The van der Waals surface area contributed by atoms with Crippen LogP contribution >= 0.6 is 11.6 Å². The monoisotopic (exact) mass is 290 g/mol. The number of benzene rings is 1. The Morgan fingerprint density at radius 1 is 1.15 bits per heavy atom. The molecule has 3 rings (SSSR count). The van der Waals surface area contributed by atoms with E-state index in [1.165, 1.54) is 12.1 Å². The number of aryl methyl sites for hydroxylation is 3. The lowest BCUT2D eigenvalue weighted by molar-refractivity contribution is 0.627. The van der Waals surface area contributed by atoms with E-state index in [0.29, 0.717) is 22.2 Å². The van der Waals surface area contributed by atoms with Gasteiger partial charge in [0.05, 0.1) is 5.69 Å². The predicted molar refractivity (Wildman–Crippen MR) is 75.4 cm³/mol. The largest absolute Gasteiger partial charge is 0.275 e. The van der Waals surface area contributed by atoms with Crippen molar-refractivity contribution >= 4 is 17.2 Å². The molecule has 0 saturated heterocycles. The van der Waals surface area contributed by atoms with Gasteiger partial charge in [-0.1, -0.05) is 17.7 Å². The fourth-order valence-corrected chi connectivity index (χ4v) is 2.43. The molecule has 0 spiro atoms. The van der Waals surface area contributed by atoms with Crippen molar-refractivity contribution in [3.63, 3.8) is 0 Å². The van der Waals surface area contributed by atoms with Gasteiger partial charge in [0.25, 0.3) is 0 Å². The van der Waals surface area contributed by atoms with Crippen molar-refractivity contribution in [2.45, 2.75) is 20.8 Å². The van der Waals surface area contributed by atoms with E-state index in [1.54, 1.807) is 6.07 Å². The number of hydrogen-bond donors (Lipinski definition) is 0. The van der Waals surface area contributed by atoms with Gasteiger partial charge in [0.2, 0.25) is 0 Å². The summed E-state index contributed by atoms with van der Waals surface area (Å²) >= 11 is 6.10. The van der Waals surface area contributed by atoms with Crippen molar-refractivity contribution < 1.29 is 4.39 Å². The molecule has 4 nitrogen and oxygen atoms in total. The Labute approximate surface area is 120 Å². The highest BCUT2D eigenvalue weighted by atomic mass is 35.5. The fraction of sp³-hybridized carbons (Fsp3) is 0.214. The molecule has 0 amide bonds. The third-order valence-corrected chi connectivity index (χ3v) is 3.67. The molecular weight excluding hydrogens is 279 g/mol. The second-order valence-electron chi connectivity index (χ2n) is 4.72. The van der Waals surface area contributed by atoms with Crippen LogP contribution < -0.4 is 0 Å². The molecule has 0 atom stereocenters. The Hall–Kier alpha value is -2.01. The number of aromatic nitrogens is 4. The molecular formula is C14H12ClFN4. The first-order valence-electron chi connectivity index (χ1n) is 6.13. The van der Waals surface area contributed by atoms with Crippen LogP contribution in [0.2, 0.25) is 5.15 Å². The van der Waals surface area contributed by atoms with Crippen LogP contribution in [-0.4, -0.2) is 19.6 Å². The molecule has 0 aliphatic heterocycles. The lowest BCUT2D eigenvalue weighted by Crippen LogP contribution is -2.01. The average Bonchev–Trinajstić information content (AvgIpc) is 2.84. The van der Waals surface area contributed by atoms with Crippen molar-refractivity contribution in [3.8, 4) is 11.4 Å². The molecule has 0 bridgehead atoms. The lowest BCUT2D eigenvalue weighted by atomic mass is 10.1. The zero-order valence-electron chi connectivity index (χ0n) is 11.3. The standard InChI is InChI=1S/C14H12ClFN4/c1-7-4-5-10(16)6-11(7)13-18-19-14-12(15)17-8(2)9(3)20(13)14/h4-6H,1-3H3. The molecule has 0 radical (unpaired) electrons. The summed E-state index contributed by atoms with van der Waals surface area (Å²) in [5.41, 5.74) is 3.77. The average molecular weight is 291 g/mol. The summed E-state index contributed by atoms with van der Waals surface area (Å²) in [6.45, 7) is 5.68. The van der Waals surface area contributed by atoms with E-state index in [4.69, 9.17) is 11.6 Å². The molecule has 20 heavy (non-hydrogen) atoms. The summed E-state index contributed by atoms with van der Waals surface area (Å²) in [6.07, 6.45) is 0. The van der Waals surface area contributed by atoms with Gasteiger partial charge >= 0.3 is 0 Å². The van der Waals surface area contributed by atoms with E-state index in [1.807, 2.05) is 25.2 Å². The Balaban J connectivity index is 2.41. The quantitative estimate of drug-likeness (QED) is 0.689. The van der Waals surface area contributed by atoms with E-state index < -0.39 is 0 Å². The maximum absolute atomic E-state index is 13.5. The molecule has 2 aromatic heterocycles. The fourth-order valence-electron chi connectivity index (χ4n) is 2.19. The van der Waals surface area contributed by atoms with E-state index in [0.717, 1.165) is 17.0 Å². The van der Waals surface area contributed by atoms with Crippen molar-refractivity contribution in [1.82, 2.24) is 19.6 Å². The molecule has 0 unspecified atom stereocenters. The third kappa shape index (κ3) is 1.86. The van der Waals surface area contributed by atoms with Crippen LogP contribution in [0.4, 0.5) is 4.39 Å². The van der Waals surface area contributed by atoms with Gasteiger partial charge in [0.15, 0.2) is 16.6 Å². The van der Waals surface area contributed by atoms with Gasteiger partial charge in [-0.25, -0.2) is 9.37 Å². The molecule has 1 aromatic carbocycles. The zero-order valence-corrected chi connectivity index (χ0v) is 12.0. The highest BCUT2D eigenvalue weighted by molar-refractivity contribution is 6.32. The van der Waals surface area contributed by atoms with Gasteiger partial charge in [0.1, 0.15) is 5.82 Å². The first kappa shape index (κ1) is 13.0. The van der Waals surface area contributed by atoms with Crippen LogP contribution in [0.3, 0.4) is 0 Å². The number of hydrogen-bond acceptors (Lipinski definition) is 3. The lowest BCUT2D eigenvalue weighted by Gasteiger charge is -2.09. The summed E-state index contributed by atoms with van der Waals surface area (Å²) < 4.78 is 15.3. The molecule has 0 saturated carbocycles. The van der Waals surface area contributed by atoms with Gasteiger partial charge in [-0.3, -0.25) is 4.40 Å². The van der Waals surface area contributed by atoms with Crippen LogP contribution in [0.1, 0.15) is 17.0 Å². The molecule has 6 heteroatoms. The molecule has 0 N–H and O–H groups in total. The van der Waals surface area contributed by atoms with E-state index in [-0.39, 0.29) is 5.82 Å². The maximum atomic E-state index is 13.5. The van der Waals surface area contributed by atoms with Gasteiger partial charge in [-0.2, -0.15) is 0 Å². The van der Waals surface area contributed by atoms with Gasteiger partial charge < -0.3 is 0 Å². The van der Waals surface area contributed by atoms with E-state index in [9.17, 15) is 4.39 Å². The molecule has 0 fully saturated rings. The molecule has 0 aliphatic carbocycles. The minimum absolute atomic E-state index is 0.293. The third-order valence-electron chi connectivity index (χ3n) is 3.41. The van der Waals surface area contributed by atoms with Crippen LogP contribution in [0.15, 0.2) is 18.2 Å². The molecule has 0 aliphatic rings. The number of rotatable bonds is 1. The van der Waals surface area contributed by atoms with Gasteiger partial charge in [-0.15, -0.1) is 10.2 Å². The molecule has 2 heterocycles. The Morgan fingerprint density at radius 3 is 2.65 bits per heavy atom. The van der Waals surface area contributed by atoms with Crippen LogP contribution in [0, 0.1) is 26.6 Å². The maximum Gasteiger partial charge on any atom is 0.199 e. The SMILES string of the molecule is Cc1ccc(F)cc1-c1nnc2c(Cl)nc(C)c(C)n12. The predicted octanol–water partition coefficient (Wildman–Crippen LogP) is 3.51. The molecule has 3 aromatic rings. The highest BCUT2D eigenvalue weighted by Crippen LogP contribution is 2.27. The summed E-state index contributed by atoms with van der Waals surface area (Å²) in [5.74, 6) is 0.263. The van der Waals surface area contributed by atoms with Crippen LogP contribution in [-0.2, 0) is 0 Å². The van der Waals surface area contributed by atoms with Gasteiger partial charge in [-0.05, 0) is 38.5 Å². The Morgan fingerprint density at radius 2 is 1.90 bits per heavy atom. The Kier molecular flexibility index (Phi) is 2.94. The Bertz CT molecular complexity index is 826. The zero-order chi connectivity index (χ0) is 14.4. The van der Waals surface area contributed by atoms with Crippen molar-refractivity contribution in [2.75, 3.05) is 0 Å². The summed E-state index contributed by atoms with van der Waals surface area (Å²) in [7, 11) is 0. The number of fused-ring (bicyclic) bond motifs is 1. The van der Waals surface area contributed by atoms with E-state index >= 15 is 0 Å².